The zero-order valence-electron chi connectivity index (χ0n) is 20.1. The highest BCUT2D eigenvalue weighted by atomic mass is 79.9. The molecule has 0 saturated heterocycles. The lowest BCUT2D eigenvalue weighted by atomic mass is 9.93. The molecule has 1 atom stereocenters. The van der Waals surface area contributed by atoms with Gasteiger partial charge in [0.1, 0.15) is 5.75 Å². The van der Waals surface area contributed by atoms with Crippen molar-refractivity contribution < 1.29 is 14.3 Å². The number of aromatic amines is 1. The van der Waals surface area contributed by atoms with Crippen LogP contribution in [0.5, 0.6) is 5.75 Å². The monoisotopic (exact) mass is 552 g/mol. The highest BCUT2D eigenvalue weighted by molar-refractivity contribution is 9.10. The molecule has 1 N–H and O–H groups in total. The lowest BCUT2D eigenvalue weighted by Gasteiger charge is -2.33. The van der Waals surface area contributed by atoms with E-state index < -0.39 is 0 Å². The number of methoxy groups -OCH3 is 1. The number of H-pyrrole nitrogens is 1. The maximum absolute atomic E-state index is 11.8. The van der Waals surface area contributed by atoms with Gasteiger partial charge in [0.05, 0.1) is 18.7 Å². The topological polar surface area (TPSA) is 54.6 Å². The van der Waals surface area contributed by atoms with Crippen LogP contribution in [0.15, 0.2) is 89.0 Å². The van der Waals surface area contributed by atoms with Gasteiger partial charge in [-0.3, -0.25) is 4.90 Å². The van der Waals surface area contributed by atoms with Crippen LogP contribution < -0.4 is 4.74 Å². The number of thiocarbonyl (C=S) groups is 1. The highest BCUT2D eigenvalue weighted by Gasteiger charge is 2.29. The quantitative estimate of drug-likeness (QED) is 0.159. The lowest BCUT2D eigenvalue weighted by molar-refractivity contribution is -0.135. The van der Waals surface area contributed by atoms with Gasteiger partial charge in [0.15, 0.2) is 5.55 Å². The molecular formula is C28H29BrN2O3S. The number of nitrogens with zero attached hydrogens (tertiary/aromatic N) is 1. The molecule has 2 aromatic carbocycles. The number of hydrogen-bond acceptors (Lipinski definition) is 5. The van der Waals surface area contributed by atoms with Gasteiger partial charge in [0, 0.05) is 27.6 Å². The molecule has 0 aliphatic carbocycles. The van der Waals surface area contributed by atoms with Crippen molar-refractivity contribution in [3.8, 4) is 5.75 Å². The molecule has 4 rings (SSSR count). The smallest absolute Gasteiger partial charge is 0.337 e. The van der Waals surface area contributed by atoms with E-state index in [4.69, 9.17) is 9.47 Å². The van der Waals surface area contributed by atoms with Crippen LogP contribution in [-0.4, -0.2) is 42.1 Å². The molecule has 5 nitrogen and oxygen atoms in total. The first-order valence-corrected chi connectivity index (χ1v) is 12.4. The average molecular weight is 554 g/mol. The molecule has 0 spiro atoms. The number of nitrogens with one attached hydrogen (secondary N) is 1. The minimum Gasteiger partial charge on any atom is -0.465 e. The molecular weight excluding hydrogens is 524 g/mol. The second-order valence-corrected chi connectivity index (χ2v) is 9.12. The highest BCUT2D eigenvalue weighted by Crippen LogP contribution is 2.38. The summed E-state index contributed by atoms with van der Waals surface area (Å²) in [4.78, 5) is 17.6. The first kappa shape index (κ1) is 26.6. The second kappa shape index (κ2) is 12.6. The van der Waals surface area contributed by atoms with Gasteiger partial charge in [-0.2, -0.15) is 0 Å². The van der Waals surface area contributed by atoms with Gasteiger partial charge in [-0.15, -0.1) is 0 Å². The summed E-state index contributed by atoms with van der Waals surface area (Å²) in [6, 6.07) is 15.8. The average Bonchev–Trinajstić information content (AvgIpc) is 3.22. The van der Waals surface area contributed by atoms with E-state index >= 15 is 0 Å². The Labute approximate surface area is 220 Å². The number of hydrogen-bond donors (Lipinski definition) is 1. The molecule has 0 saturated carbocycles. The number of allylic oxidation sites excluding steroid dienone is 1. The number of aromatic nitrogens is 1. The summed E-state index contributed by atoms with van der Waals surface area (Å²) in [6.07, 6.45) is 6.42. The number of fused-ring (bicyclic) bond motifs is 3. The van der Waals surface area contributed by atoms with Crippen LogP contribution in [0.3, 0.4) is 0 Å². The molecule has 0 fully saturated rings. The maximum atomic E-state index is 11.8. The van der Waals surface area contributed by atoms with Crippen LogP contribution in [0.4, 0.5) is 0 Å². The van der Waals surface area contributed by atoms with Crippen LogP contribution in [0, 0.1) is 0 Å². The van der Waals surface area contributed by atoms with E-state index in [1.807, 2.05) is 49.4 Å². The van der Waals surface area contributed by atoms with Crippen LogP contribution in [-0.2, 0) is 16.0 Å². The molecule has 35 heavy (non-hydrogen) atoms. The normalized spacial score (nSPS) is 15.8. The third-order valence-corrected chi connectivity index (χ3v) is 6.41. The van der Waals surface area contributed by atoms with Gasteiger partial charge in [-0.05, 0) is 80.2 Å². The van der Waals surface area contributed by atoms with Gasteiger partial charge >= 0.3 is 5.97 Å². The van der Waals surface area contributed by atoms with E-state index in [1.165, 1.54) is 29.3 Å². The number of esters is 1. The molecule has 7 heteroatoms. The Kier molecular flexibility index (Phi) is 9.60. The molecule has 0 amide bonds. The Morgan fingerprint density at radius 2 is 1.97 bits per heavy atom. The number of halogens is 1. The van der Waals surface area contributed by atoms with E-state index in [0.717, 1.165) is 34.3 Å². The number of carbonyl (C=O) groups is 1. The summed E-state index contributed by atoms with van der Waals surface area (Å²) >= 11 is 8.05. The summed E-state index contributed by atoms with van der Waals surface area (Å²) in [5.41, 5.74) is 6.36. The predicted molar refractivity (Wildman–Crippen MR) is 150 cm³/mol. The van der Waals surface area contributed by atoms with E-state index in [1.54, 1.807) is 12.2 Å². The predicted octanol–water partition coefficient (Wildman–Crippen LogP) is 6.71. The number of likely N-dealkylation sites (N-methyl/N-ethyl adjacent to an activating group) is 1. The number of carbonyl (C=O) groups excluding carboxylic acids is 1. The minimum absolute atomic E-state index is 0.0527. The zero-order chi connectivity index (χ0) is 25.4. The maximum Gasteiger partial charge on any atom is 0.337 e. The van der Waals surface area contributed by atoms with Crippen LogP contribution in [0.25, 0.3) is 10.9 Å². The molecule has 3 aromatic rings. The van der Waals surface area contributed by atoms with Crippen molar-refractivity contribution in [3.05, 3.63) is 100 Å². The van der Waals surface area contributed by atoms with E-state index in [-0.39, 0.29) is 12.0 Å². The van der Waals surface area contributed by atoms with Gasteiger partial charge in [0.2, 0.25) is 0 Å². The third-order valence-electron chi connectivity index (χ3n) is 5.82. The summed E-state index contributed by atoms with van der Waals surface area (Å²) in [6.45, 7) is 7.04. The number of ether oxygens (including phenoxy) is 2. The first-order valence-electron chi connectivity index (χ1n) is 11.2. The Morgan fingerprint density at radius 3 is 2.63 bits per heavy atom. The minimum atomic E-state index is -0.343. The fourth-order valence-electron chi connectivity index (χ4n) is 4.09. The summed E-state index contributed by atoms with van der Waals surface area (Å²) in [5.74, 6) is 0.442. The summed E-state index contributed by atoms with van der Waals surface area (Å²) in [5, 5.41) is 1.26. The van der Waals surface area contributed by atoms with Crippen LogP contribution in [0.1, 0.15) is 24.2 Å². The number of benzene rings is 2. The molecule has 1 aliphatic heterocycles. The molecule has 1 unspecified atom stereocenters. The Morgan fingerprint density at radius 1 is 1.23 bits per heavy atom. The molecule has 0 radical (unpaired) electrons. The molecule has 1 aliphatic rings. The lowest BCUT2D eigenvalue weighted by Crippen LogP contribution is -2.32. The fraction of sp³-hybridized carbons (Fsp3) is 0.214. The van der Waals surface area contributed by atoms with Crippen molar-refractivity contribution in [2.24, 2.45) is 0 Å². The zero-order valence-corrected chi connectivity index (χ0v) is 22.5. The Hall–Kier alpha value is -3.00. The second-order valence-electron chi connectivity index (χ2n) is 8.01. The van der Waals surface area contributed by atoms with Crippen molar-refractivity contribution in [3.63, 3.8) is 0 Å². The fourth-order valence-corrected chi connectivity index (χ4v) is 4.56. The van der Waals surface area contributed by atoms with Gasteiger partial charge < -0.3 is 14.5 Å². The van der Waals surface area contributed by atoms with Crippen molar-refractivity contribution in [1.29, 1.82) is 0 Å². The van der Waals surface area contributed by atoms with Crippen LogP contribution >= 0.6 is 28.1 Å². The van der Waals surface area contributed by atoms with Crippen molar-refractivity contribution >= 4 is 50.6 Å². The molecule has 2 heterocycles. The standard InChI is InChI=1S/C21H23BrN2O2.C7H6OS/c1-5-14(21(25)26-4)7-6-13(2)20-19-16(10-11-24(20)3)17-12-15(22)8-9-18(17)23-19;9-6-8-7-4-2-1-3-5-7/h5-9,12,20,23H,2,10-11H2,1,3-4H3;1-6H/b7-6-,14-5+;. The first-order chi connectivity index (χ1) is 16.9. The van der Waals surface area contributed by atoms with Gasteiger partial charge in [0.25, 0.3) is 0 Å². The van der Waals surface area contributed by atoms with Crippen molar-refractivity contribution in [2.75, 3.05) is 20.7 Å². The number of rotatable bonds is 6. The van der Waals surface area contributed by atoms with Gasteiger partial charge in [-0.1, -0.05) is 52.9 Å². The Balaban J connectivity index is 0.000000320. The molecule has 0 bridgehead atoms. The molecule has 1 aromatic heterocycles. The van der Waals surface area contributed by atoms with E-state index in [0.29, 0.717) is 5.57 Å². The largest absolute Gasteiger partial charge is 0.465 e. The van der Waals surface area contributed by atoms with Crippen molar-refractivity contribution in [1.82, 2.24) is 9.88 Å². The van der Waals surface area contributed by atoms with E-state index in [2.05, 4.69) is 63.8 Å². The Bertz CT molecular complexity index is 1260. The third kappa shape index (κ3) is 6.57. The summed E-state index contributed by atoms with van der Waals surface area (Å²) in [7, 11) is 3.49. The van der Waals surface area contributed by atoms with Gasteiger partial charge in [-0.25, -0.2) is 4.79 Å². The summed E-state index contributed by atoms with van der Waals surface area (Å²) < 4.78 is 10.8. The van der Waals surface area contributed by atoms with Crippen molar-refractivity contribution in [2.45, 2.75) is 19.4 Å². The van der Waals surface area contributed by atoms with E-state index in [9.17, 15) is 4.79 Å². The number of para-hydroxylation sites is 1. The van der Waals surface area contributed by atoms with Crippen LogP contribution in [0.2, 0.25) is 0 Å². The SMILES string of the molecule is C=C(/C=C\C(=C/C)C(=O)OC)C1c2[nH]c3ccc(Br)cc3c2CCN1C.S=COc1ccccc1. The molecule has 182 valence electrons.